The highest BCUT2D eigenvalue weighted by molar-refractivity contribution is 5.46. The molecule has 0 radical (unpaired) electrons. The van der Waals surface area contributed by atoms with Crippen molar-refractivity contribution in [1.29, 1.82) is 0 Å². The van der Waals surface area contributed by atoms with Gasteiger partial charge in [-0.25, -0.2) is 4.39 Å². The molecule has 4 heteroatoms. The summed E-state index contributed by atoms with van der Waals surface area (Å²) < 4.78 is 13.3. The molecule has 0 aliphatic rings. The number of nitrogens with zero attached hydrogens (tertiary/aromatic N) is 2. The van der Waals surface area contributed by atoms with Gasteiger partial charge in [-0.05, 0) is 49.4 Å². The maximum atomic E-state index is 13.3. The smallest absolute Gasteiger partial charge is 0.123 e. The van der Waals surface area contributed by atoms with Crippen LogP contribution in [0.4, 0.5) is 10.1 Å². The fourth-order valence-corrected chi connectivity index (χ4v) is 2.15. The van der Waals surface area contributed by atoms with E-state index in [-0.39, 0.29) is 5.82 Å². The molecule has 20 heavy (non-hydrogen) atoms. The molecule has 0 unspecified atom stereocenters. The zero-order valence-electron chi connectivity index (χ0n) is 11.9. The number of aryl methyl sites for hydroxylation is 1. The monoisotopic (exact) mass is 273 g/mol. The Balaban J connectivity index is 2.11. The molecule has 106 valence electrons. The lowest BCUT2D eigenvalue weighted by Crippen LogP contribution is -2.23. The summed E-state index contributed by atoms with van der Waals surface area (Å²) in [5.74, 6) is -0.251. The summed E-state index contributed by atoms with van der Waals surface area (Å²) in [6, 6.07) is 10.5. The minimum absolute atomic E-state index is 0.251. The molecule has 0 atom stereocenters. The number of anilines is 1. The molecule has 0 fully saturated rings. The van der Waals surface area contributed by atoms with Crippen molar-refractivity contribution in [3.63, 3.8) is 0 Å². The molecule has 1 aromatic heterocycles. The van der Waals surface area contributed by atoms with Crippen LogP contribution in [0.5, 0.6) is 0 Å². The highest BCUT2D eigenvalue weighted by Crippen LogP contribution is 2.17. The minimum Gasteiger partial charge on any atom is -0.398 e. The van der Waals surface area contributed by atoms with Crippen LogP contribution >= 0.6 is 0 Å². The van der Waals surface area contributed by atoms with Gasteiger partial charge in [0.1, 0.15) is 5.82 Å². The van der Waals surface area contributed by atoms with E-state index in [0.29, 0.717) is 12.2 Å². The largest absolute Gasteiger partial charge is 0.398 e. The van der Waals surface area contributed by atoms with Gasteiger partial charge >= 0.3 is 0 Å². The van der Waals surface area contributed by atoms with E-state index >= 15 is 0 Å². The fraction of sp³-hybridized carbons (Fsp3) is 0.312. The summed E-state index contributed by atoms with van der Waals surface area (Å²) in [6.45, 7) is 6.26. The Kier molecular flexibility index (Phi) is 4.69. The number of aromatic nitrogens is 1. The number of benzene rings is 1. The Morgan fingerprint density at radius 1 is 1.20 bits per heavy atom. The van der Waals surface area contributed by atoms with Crippen LogP contribution < -0.4 is 5.73 Å². The summed E-state index contributed by atoms with van der Waals surface area (Å²) in [5, 5.41) is 0. The third-order valence-electron chi connectivity index (χ3n) is 3.28. The second kappa shape index (κ2) is 6.48. The van der Waals surface area contributed by atoms with Crippen molar-refractivity contribution in [1.82, 2.24) is 9.88 Å². The van der Waals surface area contributed by atoms with Crippen molar-refractivity contribution in [2.24, 2.45) is 0 Å². The van der Waals surface area contributed by atoms with Gasteiger partial charge in [0.05, 0.1) is 5.69 Å². The van der Waals surface area contributed by atoms with E-state index in [1.807, 2.05) is 25.1 Å². The van der Waals surface area contributed by atoms with E-state index in [2.05, 4.69) is 16.8 Å². The lowest BCUT2D eigenvalue weighted by Gasteiger charge is -2.21. The zero-order chi connectivity index (χ0) is 14.5. The van der Waals surface area contributed by atoms with Gasteiger partial charge in [0.15, 0.2) is 0 Å². The summed E-state index contributed by atoms with van der Waals surface area (Å²) in [4.78, 5) is 6.68. The average molecular weight is 273 g/mol. The van der Waals surface area contributed by atoms with Gasteiger partial charge in [0, 0.05) is 24.5 Å². The third-order valence-corrected chi connectivity index (χ3v) is 3.28. The minimum atomic E-state index is -0.251. The zero-order valence-corrected chi connectivity index (χ0v) is 11.9. The summed E-state index contributed by atoms with van der Waals surface area (Å²) in [7, 11) is 0. The lowest BCUT2D eigenvalue weighted by molar-refractivity contribution is 0.268. The van der Waals surface area contributed by atoms with Crippen LogP contribution in [0.25, 0.3) is 0 Å². The van der Waals surface area contributed by atoms with E-state index < -0.39 is 0 Å². The molecule has 2 aromatic rings. The predicted molar refractivity (Wildman–Crippen MR) is 79.6 cm³/mol. The molecular weight excluding hydrogens is 253 g/mol. The standard InChI is InChI=1S/C16H20FN3/c1-3-20(11-15-6-4-5-12(2)19-15)10-13-9-14(17)7-8-16(13)18/h4-9H,3,10-11,18H2,1-2H3. The van der Waals surface area contributed by atoms with Crippen LogP contribution in [-0.4, -0.2) is 16.4 Å². The van der Waals surface area contributed by atoms with Gasteiger partial charge in [-0.15, -0.1) is 0 Å². The molecule has 3 nitrogen and oxygen atoms in total. The quantitative estimate of drug-likeness (QED) is 0.851. The highest BCUT2D eigenvalue weighted by atomic mass is 19.1. The van der Waals surface area contributed by atoms with Crippen LogP contribution in [-0.2, 0) is 13.1 Å². The van der Waals surface area contributed by atoms with Crippen molar-refractivity contribution >= 4 is 5.69 Å². The van der Waals surface area contributed by atoms with Gasteiger partial charge < -0.3 is 5.73 Å². The van der Waals surface area contributed by atoms with Crippen LogP contribution in [0.15, 0.2) is 36.4 Å². The van der Waals surface area contributed by atoms with E-state index in [1.165, 1.54) is 12.1 Å². The summed E-state index contributed by atoms with van der Waals surface area (Å²) in [6.07, 6.45) is 0. The van der Waals surface area contributed by atoms with Crippen molar-refractivity contribution in [3.05, 3.63) is 59.2 Å². The maximum Gasteiger partial charge on any atom is 0.123 e. The lowest BCUT2D eigenvalue weighted by atomic mass is 10.1. The Labute approximate surface area is 119 Å². The van der Waals surface area contributed by atoms with Gasteiger partial charge in [-0.1, -0.05) is 13.0 Å². The van der Waals surface area contributed by atoms with Crippen LogP contribution in [0, 0.1) is 12.7 Å². The Morgan fingerprint density at radius 3 is 2.70 bits per heavy atom. The number of hydrogen-bond acceptors (Lipinski definition) is 3. The second-order valence-electron chi connectivity index (χ2n) is 4.92. The molecule has 0 aliphatic heterocycles. The van der Waals surface area contributed by atoms with Crippen LogP contribution in [0.2, 0.25) is 0 Å². The highest BCUT2D eigenvalue weighted by Gasteiger charge is 2.09. The number of hydrogen-bond donors (Lipinski definition) is 1. The Morgan fingerprint density at radius 2 is 2.00 bits per heavy atom. The van der Waals surface area contributed by atoms with Crippen LogP contribution in [0.1, 0.15) is 23.9 Å². The number of halogens is 1. The molecule has 0 aliphatic carbocycles. The second-order valence-corrected chi connectivity index (χ2v) is 4.92. The van der Waals surface area contributed by atoms with Crippen LogP contribution in [0.3, 0.4) is 0 Å². The van der Waals surface area contributed by atoms with E-state index in [4.69, 9.17) is 5.73 Å². The molecule has 0 spiro atoms. The molecule has 0 saturated heterocycles. The SMILES string of the molecule is CCN(Cc1cccc(C)n1)Cc1cc(F)ccc1N. The van der Waals surface area contributed by atoms with Crippen molar-refractivity contribution in [3.8, 4) is 0 Å². The molecule has 1 aromatic carbocycles. The molecule has 0 saturated carbocycles. The number of nitrogen functional groups attached to an aromatic ring is 1. The first kappa shape index (κ1) is 14.5. The number of pyridine rings is 1. The van der Waals surface area contributed by atoms with Gasteiger partial charge in [-0.3, -0.25) is 9.88 Å². The fourth-order valence-electron chi connectivity index (χ4n) is 2.15. The molecule has 2 N–H and O–H groups in total. The number of rotatable bonds is 5. The summed E-state index contributed by atoms with van der Waals surface area (Å²) in [5.41, 5.74) is 9.37. The van der Waals surface area contributed by atoms with E-state index in [1.54, 1.807) is 6.07 Å². The molecule has 1 heterocycles. The van der Waals surface area contributed by atoms with E-state index in [0.717, 1.165) is 30.0 Å². The van der Waals surface area contributed by atoms with Crippen molar-refractivity contribution < 1.29 is 4.39 Å². The van der Waals surface area contributed by atoms with Gasteiger partial charge in [0.25, 0.3) is 0 Å². The first-order chi connectivity index (χ1) is 9.58. The Bertz CT molecular complexity index is 584. The third kappa shape index (κ3) is 3.78. The van der Waals surface area contributed by atoms with Gasteiger partial charge in [0.2, 0.25) is 0 Å². The summed E-state index contributed by atoms with van der Waals surface area (Å²) >= 11 is 0. The average Bonchev–Trinajstić information content (AvgIpc) is 2.42. The van der Waals surface area contributed by atoms with E-state index in [9.17, 15) is 4.39 Å². The van der Waals surface area contributed by atoms with Crippen molar-refractivity contribution in [2.45, 2.75) is 26.9 Å². The first-order valence-electron chi connectivity index (χ1n) is 6.77. The maximum absolute atomic E-state index is 13.3. The molecule has 0 amide bonds. The predicted octanol–water partition coefficient (Wildman–Crippen LogP) is 3.13. The molecular formula is C16H20FN3. The topological polar surface area (TPSA) is 42.2 Å². The normalized spacial score (nSPS) is 11.0. The molecule has 0 bridgehead atoms. The Hall–Kier alpha value is -1.94. The molecule has 2 rings (SSSR count). The van der Waals surface area contributed by atoms with Crippen molar-refractivity contribution in [2.75, 3.05) is 12.3 Å². The number of nitrogens with two attached hydrogens (primary N) is 1. The van der Waals surface area contributed by atoms with Gasteiger partial charge in [-0.2, -0.15) is 0 Å². The first-order valence-corrected chi connectivity index (χ1v) is 6.77.